The van der Waals surface area contributed by atoms with Crippen molar-refractivity contribution in [3.8, 4) is 5.00 Å². The molecule has 0 bridgehead atoms. The molecule has 3 aromatic rings. The first-order valence-electron chi connectivity index (χ1n) is 6.97. The first-order valence-corrected chi connectivity index (χ1v) is 8.16. The van der Waals surface area contributed by atoms with E-state index in [2.05, 4.69) is 9.55 Å². The molecule has 21 heavy (non-hydrogen) atoms. The molecular weight excluding hydrogens is 306 g/mol. The molecule has 0 saturated carbocycles. The Morgan fingerprint density at radius 2 is 2.33 bits per heavy atom. The van der Waals surface area contributed by atoms with Crippen LogP contribution in [0.3, 0.4) is 0 Å². The fourth-order valence-electron chi connectivity index (χ4n) is 2.76. The van der Waals surface area contributed by atoms with E-state index >= 15 is 0 Å². The van der Waals surface area contributed by atoms with Gasteiger partial charge in [0.05, 0.1) is 4.34 Å². The van der Waals surface area contributed by atoms with Crippen LogP contribution in [0.25, 0.3) is 16.2 Å². The average Bonchev–Trinajstić information content (AvgIpc) is 3.18. The number of fused-ring (bicyclic) bond motifs is 1. The number of aromatic nitrogens is 3. The van der Waals surface area contributed by atoms with E-state index in [9.17, 15) is 0 Å². The third kappa shape index (κ3) is 2.46. The molecule has 0 aliphatic carbocycles. The summed E-state index contributed by atoms with van der Waals surface area (Å²) < 4.78 is 8.39. The smallest absolute Gasteiger partial charge is 0.165 e. The lowest BCUT2D eigenvalue weighted by atomic mass is 10.1. The number of thiophene rings is 1. The maximum Gasteiger partial charge on any atom is 0.165 e. The molecule has 0 radical (unpaired) electrons. The Balaban J connectivity index is 1.84. The zero-order valence-electron chi connectivity index (χ0n) is 11.3. The van der Waals surface area contributed by atoms with Gasteiger partial charge in [0.1, 0.15) is 16.3 Å². The van der Waals surface area contributed by atoms with Crippen molar-refractivity contribution >= 4 is 34.1 Å². The monoisotopic (exact) mass is 319 g/mol. The summed E-state index contributed by atoms with van der Waals surface area (Å²) in [6.07, 6.45) is 3.81. The number of imidazole rings is 1. The van der Waals surface area contributed by atoms with Crippen molar-refractivity contribution in [3.05, 3.63) is 40.6 Å². The molecule has 1 atom stereocenters. The topological polar surface area (TPSA) is 39.9 Å². The first kappa shape index (κ1) is 13.2. The first-order chi connectivity index (χ1) is 10.3. The molecule has 1 fully saturated rings. The predicted molar refractivity (Wildman–Crippen MR) is 84.4 cm³/mol. The molecule has 0 aromatic carbocycles. The minimum atomic E-state index is 0.538. The molecule has 0 N–H and O–H groups in total. The van der Waals surface area contributed by atoms with Crippen molar-refractivity contribution < 1.29 is 4.74 Å². The van der Waals surface area contributed by atoms with E-state index in [1.807, 2.05) is 24.3 Å². The number of hydrogen-bond acceptors (Lipinski definition) is 4. The van der Waals surface area contributed by atoms with E-state index in [4.69, 9.17) is 21.3 Å². The maximum absolute atomic E-state index is 6.10. The van der Waals surface area contributed by atoms with E-state index in [1.165, 1.54) is 0 Å². The third-order valence-electron chi connectivity index (χ3n) is 3.76. The zero-order chi connectivity index (χ0) is 14.2. The van der Waals surface area contributed by atoms with Gasteiger partial charge in [-0.1, -0.05) is 11.6 Å². The molecule has 4 rings (SSSR count). The summed E-state index contributed by atoms with van der Waals surface area (Å²) in [4.78, 5) is 9.27. The van der Waals surface area contributed by atoms with E-state index in [-0.39, 0.29) is 0 Å². The van der Waals surface area contributed by atoms with Gasteiger partial charge in [-0.25, -0.2) is 9.97 Å². The van der Waals surface area contributed by atoms with Crippen LogP contribution in [0.15, 0.2) is 30.5 Å². The second-order valence-corrected chi connectivity index (χ2v) is 6.91. The van der Waals surface area contributed by atoms with Gasteiger partial charge in [0.15, 0.2) is 5.65 Å². The number of nitrogens with zero attached hydrogens (tertiary/aromatic N) is 3. The summed E-state index contributed by atoms with van der Waals surface area (Å²) in [7, 11) is 0. The molecule has 1 saturated heterocycles. The SMILES string of the molecule is Clc1ccc(-n2c(CC3CCOC3)nc3cccnc32)s1. The van der Waals surface area contributed by atoms with Crippen LogP contribution in [-0.4, -0.2) is 27.7 Å². The van der Waals surface area contributed by atoms with Crippen LogP contribution in [0, 0.1) is 5.92 Å². The number of pyridine rings is 1. The molecule has 6 heteroatoms. The van der Waals surface area contributed by atoms with Crippen LogP contribution in [0.1, 0.15) is 12.2 Å². The Bertz CT molecular complexity index is 776. The molecule has 1 aliphatic rings. The van der Waals surface area contributed by atoms with Crippen LogP contribution < -0.4 is 0 Å². The summed E-state index contributed by atoms with van der Waals surface area (Å²) in [5.74, 6) is 1.58. The lowest BCUT2D eigenvalue weighted by molar-refractivity contribution is 0.185. The van der Waals surface area contributed by atoms with Gasteiger partial charge in [0.25, 0.3) is 0 Å². The number of ether oxygens (including phenoxy) is 1. The summed E-state index contributed by atoms with van der Waals surface area (Å²) in [6.45, 7) is 1.68. The fraction of sp³-hybridized carbons (Fsp3) is 0.333. The second-order valence-electron chi connectivity index (χ2n) is 5.22. The zero-order valence-corrected chi connectivity index (χ0v) is 12.9. The molecule has 0 amide bonds. The highest BCUT2D eigenvalue weighted by molar-refractivity contribution is 7.18. The highest BCUT2D eigenvalue weighted by Crippen LogP contribution is 2.30. The normalized spacial score (nSPS) is 18.6. The quantitative estimate of drug-likeness (QED) is 0.738. The van der Waals surface area contributed by atoms with Gasteiger partial charge in [-0.2, -0.15) is 0 Å². The Hall–Kier alpha value is -1.43. The second kappa shape index (κ2) is 5.40. The Morgan fingerprint density at radius 1 is 1.38 bits per heavy atom. The van der Waals surface area contributed by atoms with Crippen molar-refractivity contribution in [1.82, 2.24) is 14.5 Å². The van der Waals surface area contributed by atoms with Crippen LogP contribution in [0.2, 0.25) is 4.34 Å². The molecule has 0 spiro atoms. The van der Waals surface area contributed by atoms with Crippen molar-refractivity contribution in [2.75, 3.05) is 13.2 Å². The van der Waals surface area contributed by atoms with Crippen molar-refractivity contribution in [2.24, 2.45) is 5.92 Å². The largest absolute Gasteiger partial charge is 0.381 e. The molecule has 108 valence electrons. The predicted octanol–water partition coefficient (Wildman–Crippen LogP) is 3.71. The van der Waals surface area contributed by atoms with E-state index in [1.54, 1.807) is 17.5 Å². The van der Waals surface area contributed by atoms with Crippen LogP contribution in [0.5, 0.6) is 0 Å². The molecule has 1 unspecified atom stereocenters. The Kier molecular flexibility index (Phi) is 3.41. The standard InChI is InChI=1S/C15H14ClN3OS/c16-12-3-4-14(21-12)19-13(8-10-5-7-20-9-10)18-11-2-1-6-17-15(11)19/h1-4,6,10H,5,7-9H2. The Labute approximate surface area is 131 Å². The van der Waals surface area contributed by atoms with Gasteiger partial charge in [-0.05, 0) is 36.6 Å². The lowest BCUT2D eigenvalue weighted by Gasteiger charge is -2.09. The van der Waals surface area contributed by atoms with E-state index in [0.717, 1.165) is 52.4 Å². The number of hydrogen-bond donors (Lipinski definition) is 0. The number of halogens is 1. The Morgan fingerprint density at radius 3 is 3.10 bits per heavy atom. The van der Waals surface area contributed by atoms with Gasteiger partial charge < -0.3 is 4.74 Å². The highest BCUT2D eigenvalue weighted by atomic mass is 35.5. The van der Waals surface area contributed by atoms with Gasteiger partial charge in [-0.15, -0.1) is 11.3 Å². The van der Waals surface area contributed by atoms with Crippen LogP contribution in [0.4, 0.5) is 0 Å². The minimum Gasteiger partial charge on any atom is -0.381 e. The molecule has 4 heterocycles. The summed E-state index contributed by atoms with van der Waals surface area (Å²) in [5, 5.41) is 1.06. The molecule has 1 aliphatic heterocycles. The third-order valence-corrected chi connectivity index (χ3v) is 4.98. The van der Waals surface area contributed by atoms with Crippen molar-refractivity contribution in [2.45, 2.75) is 12.8 Å². The molecule has 3 aromatic heterocycles. The van der Waals surface area contributed by atoms with Crippen molar-refractivity contribution in [3.63, 3.8) is 0 Å². The van der Waals surface area contributed by atoms with Gasteiger partial charge >= 0.3 is 0 Å². The lowest BCUT2D eigenvalue weighted by Crippen LogP contribution is -2.09. The minimum absolute atomic E-state index is 0.538. The summed E-state index contributed by atoms with van der Waals surface area (Å²) >= 11 is 7.65. The van der Waals surface area contributed by atoms with Crippen LogP contribution >= 0.6 is 22.9 Å². The van der Waals surface area contributed by atoms with Gasteiger partial charge in [-0.3, -0.25) is 4.57 Å². The van der Waals surface area contributed by atoms with Gasteiger partial charge in [0, 0.05) is 25.8 Å². The van der Waals surface area contributed by atoms with E-state index in [0.29, 0.717) is 5.92 Å². The van der Waals surface area contributed by atoms with Crippen molar-refractivity contribution in [1.29, 1.82) is 0 Å². The summed E-state index contributed by atoms with van der Waals surface area (Å²) in [6, 6.07) is 7.86. The molecule has 4 nitrogen and oxygen atoms in total. The van der Waals surface area contributed by atoms with E-state index < -0.39 is 0 Å². The number of rotatable bonds is 3. The molecular formula is C15H14ClN3OS. The average molecular weight is 320 g/mol. The highest BCUT2D eigenvalue weighted by Gasteiger charge is 2.21. The van der Waals surface area contributed by atoms with Gasteiger partial charge in [0.2, 0.25) is 0 Å². The summed E-state index contributed by atoms with van der Waals surface area (Å²) in [5.41, 5.74) is 1.82. The fourth-order valence-corrected chi connectivity index (χ4v) is 3.81. The maximum atomic E-state index is 6.10. The van der Waals surface area contributed by atoms with Crippen LogP contribution in [-0.2, 0) is 11.2 Å².